The Hall–Kier alpha value is -1.25. The zero-order valence-corrected chi connectivity index (χ0v) is 13.3. The van der Waals surface area contributed by atoms with E-state index in [9.17, 15) is 8.42 Å². The Morgan fingerprint density at radius 3 is 3.05 bits per heavy atom. The Labute approximate surface area is 127 Å². The molecule has 2 heterocycles. The lowest BCUT2D eigenvalue weighted by Gasteiger charge is -2.32. The molecule has 1 aliphatic rings. The number of oxazole rings is 1. The minimum Gasteiger partial charge on any atom is -0.439 e. The van der Waals surface area contributed by atoms with Crippen molar-refractivity contribution in [2.45, 2.75) is 11.9 Å². The number of nitrogens with two attached hydrogens (primary N) is 1. The van der Waals surface area contributed by atoms with Crippen molar-refractivity contribution in [2.75, 3.05) is 30.0 Å². The molecule has 8 heteroatoms. The number of hydrogen-bond acceptors (Lipinski definition) is 7. The molecule has 2 N–H and O–H groups in total. The molecule has 0 spiro atoms. The van der Waals surface area contributed by atoms with Crippen LogP contribution in [0.5, 0.6) is 0 Å². The van der Waals surface area contributed by atoms with Crippen molar-refractivity contribution in [3.8, 4) is 0 Å². The van der Waals surface area contributed by atoms with E-state index in [1.807, 2.05) is 17.0 Å². The van der Waals surface area contributed by atoms with Gasteiger partial charge in [-0.2, -0.15) is 11.8 Å². The number of sulfone groups is 1. The predicted octanol–water partition coefficient (Wildman–Crippen LogP) is 1.33. The monoisotopic (exact) mass is 327 g/mol. The van der Waals surface area contributed by atoms with Gasteiger partial charge in [0, 0.05) is 24.3 Å². The summed E-state index contributed by atoms with van der Waals surface area (Å²) in [6, 6.07) is 5.39. The maximum absolute atomic E-state index is 11.9. The molecule has 1 saturated heterocycles. The highest BCUT2D eigenvalue weighted by atomic mass is 32.2. The van der Waals surface area contributed by atoms with Gasteiger partial charge in [0.2, 0.25) is 5.89 Å². The van der Waals surface area contributed by atoms with Crippen LogP contribution in [0.15, 0.2) is 22.6 Å². The van der Waals surface area contributed by atoms with Gasteiger partial charge in [-0.15, -0.1) is 0 Å². The van der Waals surface area contributed by atoms with Crippen LogP contribution in [0.1, 0.15) is 5.89 Å². The average molecular weight is 327 g/mol. The van der Waals surface area contributed by atoms with Crippen LogP contribution in [-0.2, 0) is 16.4 Å². The molecular weight excluding hydrogens is 310 g/mol. The summed E-state index contributed by atoms with van der Waals surface area (Å²) >= 11 is 1.66. The zero-order chi connectivity index (χ0) is 15.0. The van der Waals surface area contributed by atoms with Gasteiger partial charge in [-0.05, 0) is 12.1 Å². The van der Waals surface area contributed by atoms with E-state index in [2.05, 4.69) is 4.98 Å². The van der Waals surface area contributed by atoms with Crippen LogP contribution >= 0.6 is 11.8 Å². The maximum Gasteiger partial charge on any atom is 0.209 e. The molecule has 1 aromatic carbocycles. The molecule has 1 aromatic heterocycles. The molecule has 0 aliphatic carbocycles. The molecule has 21 heavy (non-hydrogen) atoms. The zero-order valence-electron chi connectivity index (χ0n) is 11.7. The quantitative estimate of drug-likeness (QED) is 0.851. The molecule has 0 radical (unpaired) electrons. The highest BCUT2D eigenvalue weighted by Crippen LogP contribution is 2.25. The lowest BCUT2D eigenvalue weighted by atomic mass is 10.3. The molecule has 1 atom stereocenters. The lowest BCUT2D eigenvalue weighted by molar-refractivity contribution is 0.238. The normalized spacial score (nSPS) is 20.9. The van der Waals surface area contributed by atoms with Crippen molar-refractivity contribution in [3.63, 3.8) is 0 Å². The third-order valence-corrected chi connectivity index (χ3v) is 6.20. The number of fused-ring (bicyclic) bond motifs is 1. The highest BCUT2D eigenvalue weighted by molar-refractivity contribution is 8.00. The summed E-state index contributed by atoms with van der Waals surface area (Å²) in [4.78, 5) is 6.30. The fourth-order valence-electron chi connectivity index (χ4n) is 2.45. The van der Waals surface area contributed by atoms with Gasteiger partial charge in [-0.25, -0.2) is 13.4 Å². The third-order valence-electron chi connectivity index (χ3n) is 3.52. The Balaban J connectivity index is 1.88. The van der Waals surface area contributed by atoms with E-state index in [-0.39, 0.29) is 0 Å². The molecule has 6 nitrogen and oxygen atoms in total. The van der Waals surface area contributed by atoms with Gasteiger partial charge >= 0.3 is 0 Å². The number of aromatic nitrogens is 1. The van der Waals surface area contributed by atoms with Gasteiger partial charge < -0.3 is 10.2 Å². The first-order valence-electron chi connectivity index (χ1n) is 6.60. The van der Waals surface area contributed by atoms with E-state index >= 15 is 0 Å². The second kappa shape index (κ2) is 5.51. The molecule has 1 unspecified atom stereocenters. The Bertz CT molecular complexity index is 757. The van der Waals surface area contributed by atoms with E-state index in [4.69, 9.17) is 10.2 Å². The van der Waals surface area contributed by atoms with E-state index in [1.165, 1.54) is 6.26 Å². The van der Waals surface area contributed by atoms with Gasteiger partial charge in [0.25, 0.3) is 0 Å². The van der Waals surface area contributed by atoms with Crippen LogP contribution in [0.3, 0.4) is 0 Å². The van der Waals surface area contributed by atoms with Gasteiger partial charge in [-0.3, -0.25) is 4.90 Å². The number of anilines is 1. The number of hydrogen-bond donors (Lipinski definition) is 1. The standard InChI is InChI=1S/C13H17N3O3S2/c1-21(17,18)12-8-20-6-5-16(12)7-11-15-13-9(14)3-2-4-10(13)19-11/h2-4,12H,5-8,14H2,1H3. The predicted molar refractivity (Wildman–Crippen MR) is 84.8 cm³/mol. The summed E-state index contributed by atoms with van der Waals surface area (Å²) in [5.74, 6) is 2.00. The summed E-state index contributed by atoms with van der Waals surface area (Å²) in [7, 11) is -3.12. The molecular formula is C13H17N3O3S2. The van der Waals surface area contributed by atoms with Crippen molar-refractivity contribution in [1.29, 1.82) is 0 Å². The van der Waals surface area contributed by atoms with Crippen LogP contribution in [0.4, 0.5) is 5.69 Å². The molecule has 114 valence electrons. The maximum atomic E-state index is 11.9. The minimum atomic E-state index is -3.12. The number of rotatable bonds is 3. The van der Waals surface area contributed by atoms with Gasteiger partial charge in [0.1, 0.15) is 10.9 Å². The summed E-state index contributed by atoms with van der Waals surface area (Å²) < 4.78 is 29.5. The first-order valence-corrected chi connectivity index (χ1v) is 9.70. The van der Waals surface area contributed by atoms with Crippen LogP contribution in [0, 0.1) is 0 Å². The number of benzene rings is 1. The van der Waals surface area contributed by atoms with Crippen LogP contribution < -0.4 is 5.73 Å². The fraction of sp³-hybridized carbons (Fsp3) is 0.462. The van der Waals surface area contributed by atoms with Crippen molar-refractivity contribution < 1.29 is 12.8 Å². The number of para-hydroxylation sites is 1. The SMILES string of the molecule is CS(=O)(=O)C1CSCCN1Cc1nc2c(N)cccc2o1. The smallest absolute Gasteiger partial charge is 0.209 e. The van der Waals surface area contributed by atoms with Gasteiger partial charge in [0.15, 0.2) is 15.4 Å². The highest BCUT2D eigenvalue weighted by Gasteiger charge is 2.31. The summed E-state index contributed by atoms with van der Waals surface area (Å²) in [6.45, 7) is 1.09. The second-order valence-electron chi connectivity index (χ2n) is 5.13. The van der Waals surface area contributed by atoms with Crippen LogP contribution in [0.2, 0.25) is 0 Å². The molecule has 0 amide bonds. The summed E-state index contributed by atoms with van der Waals surface area (Å²) in [5.41, 5.74) is 7.70. The topological polar surface area (TPSA) is 89.4 Å². The first-order chi connectivity index (χ1) is 9.95. The van der Waals surface area contributed by atoms with Crippen molar-refractivity contribution >= 4 is 38.4 Å². The molecule has 1 aliphatic heterocycles. The van der Waals surface area contributed by atoms with Crippen molar-refractivity contribution in [3.05, 3.63) is 24.1 Å². The molecule has 0 saturated carbocycles. The minimum absolute atomic E-state index is 0.381. The van der Waals surface area contributed by atoms with Gasteiger partial charge in [-0.1, -0.05) is 6.07 Å². The third kappa shape index (κ3) is 3.02. The Kier molecular flexibility index (Phi) is 3.85. The molecule has 0 bridgehead atoms. The Morgan fingerprint density at radius 2 is 2.33 bits per heavy atom. The van der Waals surface area contributed by atoms with E-state index in [0.29, 0.717) is 41.5 Å². The number of thioether (sulfide) groups is 1. The van der Waals surface area contributed by atoms with Crippen molar-refractivity contribution in [2.24, 2.45) is 0 Å². The van der Waals surface area contributed by atoms with Gasteiger partial charge in [0.05, 0.1) is 12.2 Å². The number of nitrogens with zero attached hydrogens (tertiary/aromatic N) is 2. The summed E-state index contributed by atoms with van der Waals surface area (Å²) in [5, 5.41) is -0.483. The second-order valence-corrected chi connectivity index (χ2v) is 8.48. The molecule has 1 fully saturated rings. The van der Waals surface area contributed by atoms with E-state index in [1.54, 1.807) is 17.8 Å². The van der Waals surface area contributed by atoms with Crippen molar-refractivity contribution in [1.82, 2.24) is 9.88 Å². The summed E-state index contributed by atoms with van der Waals surface area (Å²) in [6.07, 6.45) is 1.28. The van der Waals surface area contributed by atoms with E-state index in [0.717, 1.165) is 5.75 Å². The lowest BCUT2D eigenvalue weighted by Crippen LogP contribution is -2.46. The average Bonchev–Trinajstić information content (AvgIpc) is 2.82. The molecule has 3 rings (SSSR count). The van der Waals surface area contributed by atoms with Crippen LogP contribution in [0.25, 0.3) is 11.1 Å². The fourth-order valence-corrected chi connectivity index (χ4v) is 5.39. The Morgan fingerprint density at radius 1 is 1.52 bits per heavy atom. The first kappa shape index (κ1) is 14.7. The number of nitrogen functional groups attached to an aromatic ring is 1. The van der Waals surface area contributed by atoms with E-state index < -0.39 is 15.2 Å². The largest absolute Gasteiger partial charge is 0.439 e. The molecule has 2 aromatic rings. The van der Waals surface area contributed by atoms with Crippen LogP contribution in [-0.4, -0.2) is 48.0 Å².